The average Bonchev–Trinajstić information content (AvgIpc) is 2.84. The van der Waals surface area contributed by atoms with Gasteiger partial charge in [-0.05, 0) is 24.3 Å². The Balaban J connectivity index is 1.15. The molecule has 2 saturated heterocycles. The molecule has 2 aliphatic heterocycles. The van der Waals surface area contributed by atoms with Crippen LogP contribution in [-0.2, 0) is 9.59 Å². The second kappa shape index (κ2) is 11.6. The second-order valence-electron chi connectivity index (χ2n) is 8.92. The number of carbonyl (C=O) groups is 2. The Kier molecular flexibility index (Phi) is 8.28. The highest BCUT2D eigenvalue weighted by Gasteiger charge is 2.26. The van der Waals surface area contributed by atoms with Crippen LogP contribution in [-0.4, -0.2) is 131 Å². The minimum atomic E-state index is -0.833. The maximum Gasteiger partial charge on any atom is 0.317 e. The molecule has 0 saturated carbocycles. The zero-order valence-corrected chi connectivity index (χ0v) is 19.4. The van der Waals surface area contributed by atoms with Crippen molar-refractivity contribution in [3.05, 3.63) is 36.5 Å². The smallest absolute Gasteiger partial charge is 0.317 e. The SMILES string of the molecule is O=C(O)CN1CCN(C(=O)CN2CCN(CC(O)COc3cccc4ncccc34)CC2)CC1. The summed E-state index contributed by atoms with van der Waals surface area (Å²) in [5.41, 5.74) is 0.863. The van der Waals surface area contributed by atoms with Gasteiger partial charge in [0.1, 0.15) is 18.5 Å². The number of aromatic nitrogens is 1. The highest BCUT2D eigenvalue weighted by molar-refractivity contribution is 5.84. The van der Waals surface area contributed by atoms with E-state index in [-0.39, 0.29) is 19.1 Å². The molecule has 2 aromatic rings. The van der Waals surface area contributed by atoms with Gasteiger partial charge in [0.05, 0.1) is 18.6 Å². The lowest BCUT2D eigenvalue weighted by molar-refractivity contribution is -0.139. The number of benzene rings is 1. The number of hydrogen-bond acceptors (Lipinski definition) is 8. The van der Waals surface area contributed by atoms with Gasteiger partial charge in [-0.3, -0.25) is 29.3 Å². The summed E-state index contributed by atoms with van der Waals surface area (Å²) in [5, 5.41) is 20.3. The molecule has 2 aliphatic rings. The fourth-order valence-electron chi connectivity index (χ4n) is 4.51. The summed E-state index contributed by atoms with van der Waals surface area (Å²) in [6, 6.07) is 9.55. The summed E-state index contributed by atoms with van der Waals surface area (Å²) in [4.78, 5) is 35.8. The van der Waals surface area contributed by atoms with Gasteiger partial charge in [-0.25, -0.2) is 0 Å². The van der Waals surface area contributed by atoms with Crippen LogP contribution >= 0.6 is 0 Å². The van der Waals surface area contributed by atoms with Crippen LogP contribution in [0.5, 0.6) is 5.75 Å². The molecule has 1 aromatic heterocycles. The number of aliphatic hydroxyl groups is 1. The first-order valence-corrected chi connectivity index (χ1v) is 11.8. The Morgan fingerprint density at radius 3 is 2.32 bits per heavy atom. The number of aliphatic carboxylic acids is 1. The van der Waals surface area contributed by atoms with Crippen molar-refractivity contribution >= 4 is 22.8 Å². The second-order valence-corrected chi connectivity index (χ2v) is 8.92. The molecule has 1 atom stereocenters. The van der Waals surface area contributed by atoms with Crippen LogP contribution in [0.2, 0.25) is 0 Å². The molecular formula is C24H33N5O5. The minimum Gasteiger partial charge on any atom is -0.490 e. The highest BCUT2D eigenvalue weighted by Crippen LogP contribution is 2.23. The molecule has 0 aliphatic carbocycles. The molecule has 10 nitrogen and oxygen atoms in total. The number of rotatable bonds is 9. The third-order valence-electron chi connectivity index (χ3n) is 6.41. The number of amides is 1. The monoisotopic (exact) mass is 471 g/mol. The molecule has 3 heterocycles. The zero-order valence-electron chi connectivity index (χ0n) is 19.4. The molecule has 2 N–H and O–H groups in total. The van der Waals surface area contributed by atoms with E-state index in [4.69, 9.17) is 9.84 Å². The van der Waals surface area contributed by atoms with Crippen molar-refractivity contribution in [2.45, 2.75) is 6.10 Å². The highest BCUT2D eigenvalue weighted by atomic mass is 16.5. The molecule has 4 rings (SSSR count). The van der Waals surface area contributed by atoms with E-state index in [1.54, 1.807) is 6.20 Å². The molecule has 0 spiro atoms. The van der Waals surface area contributed by atoms with E-state index in [0.29, 0.717) is 39.3 Å². The number of nitrogens with zero attached hydrogens (tertiary/aromatic N) is 5. The summed E-state index contributed by atoms with van der Waals surface area (Å²) >= 11 is 0. The van der Waals surface area contributed by atoms with Gasteiger partial charge in [0.25, 0.3) is 0 Å². The largest absolute Gasteiger partial charge is 0.490 e. The van der Waals surface area contributed by atoms with E-state index in [9.17, 15) is 14.7 Å². The first-order chi connectivity index (χ1) is 16.5. The van der Waals surface area contributed by atoms with E-state index in [1.807, 2.05) is 40.1 Å². The van der Waals surface area contributed by atoms with Crippen molar-refractivity contribution in [1.29, 1.82) is 0 Å². The number of ether oxygens (including phenoxy) is 1. The van der Waals surface area contributed by atoms with Crippen LogP contribution < -0.4 is 4.74 Å². The van der Waals surface area contributed by atoms with E-state index < -0.39 is 12.1 Å². The molecule has 1 amide bonds. The van der Waals surface area contributed by atoms with Gasteiger partial charge in [0.2, 0.25) is 5.91 Å². The maximum atomic E-state index is 12.6. The lowest BCUT2D eigenvalue weighted by Crippen LogP contribution is -2.54. The number of hydrogen-bond donors (Lipinski definition) is 2. The van der Waals surface area contributed by atoms with Crippen LogP contribution in [0.4, 0.5) is 0 Å². The predicted molar refractivity (Wildman–Crippen MR) is 127 cm³/mol. The summed E-state index contributed by atoms with van der Waals surface area (Å²) in [6.45, 7) is 6.60. The van der Waals surface area contributed by atoms with Gasteiger partial charge in [0.15, 0.2) is 0 Å². The van der Waals surface area contributed by atoms with Gasteiger partial charge in [0, 0.05) is 70.5 Å². The Bertz CT molecular complexity index is 968. The van der Waals surface area contributed by atoms with Gasteiger partial charge in [-0.2, -0.15) is 0 Å². The third-order valence-corrected chi connectivity index (χ3v) is 6.41. The lowest BCUT2D eigenvalue weighted by Gasteiger charge is -2.38. The number of aliphatic hydroxyl groups excluding tert-OH is 1. The minimum absolute atomic E-state index is 0.0278. The third kappa shape index (κ3) is 6.63. The van der Waals surface area contributed by atoms with E-state index >= 15 is 0 Å². The summed E-state index contributed by atoms with van der Waals surface area (Å²) in [6.07, 6.45) is 1.14. The Hall–Kier alpha value is -2.79. The van der Waals surface area contributed by atoms with Gasteiger partial charge in [-0.15, -0.1) is 0 Å². The summed E-state index contributed by atoms with van der Waals surface area (Å²) < 4.78 is 5.88. The van der Waals surface area contributed by atoms with Crippen molar-refractivity contribution in [3.63, 3.8) is 0 Å². The molecule has 34 heavy (non-hydrogen) atoms. The number of carboxylic acid groups (broad SMARTS) is 1. The van der Waals surface area contributed by atoms with Gasteiger partial charge in [-0.1, -0.05) is 6.07 Å². The zero-order chi connectivity index (χ0) is 23.9. The van der Waals surface area contributed by atoms with Crippen molar-refractivity contribution in [1.82, 2.24) is 24.6 Å². The number of β-amino-alcohol motifs (C(OH)–C–C–N with tert-alkyl or cyclic N) is 1. The Labute approximate surface area is 199 Å². The standard InChI is InChI=1S/C24H33N5O5/c30-19(18-34-22-5-1-4-21-20(22)3-2-6-25-21)15-26-7-9-27(10-8-26)16-23(31)29-13-11-28(12-14-29)17-24(32)33/h1-6,19,30H,7-18H2,(H,32,33). The number of piperazine rings is 2. The number of pyridine rings is 1. The van der Waals surface area contributed by atoms with E-state index in [2.05, 4.69) is 14.8 Å². The summed E-state index contributed by atoms with van der Waals surface area (Å²) in [7, 11) is 0. The van der Waals surface area contributed by atoms with Crippen LogP contribution in [0.3, 0.4) is 0 Å². The van der Waals surface area contributed by atoms with Crippen LogP contribution in [0.15, 0.2) is 36.5 Å². The number of carbonyl (C=O) groups excluding carboxylic acids is 1. The molecule has 0 bridgehead atoms. The number of fused-ring (bicyclic) bond motifs is 1. The lowest BCUT2D eigenvalue weighted by atomic mass is 10.2. The maximum absolute atomic E-state index is 12.6. The van der Waals surface area contributed by atoms with Crippen LogP contribution in [0, 0.1) is 0 Å². The van der Waals surface area contributed by atoms with Crippen LogP contribution in [0.1, 0.15) is 0 Å². The fraction of sp³-hybridized carbons (Fsp3) is 0.542. The van der Waals surface area contributed by atoms with Crippen molar-refractivity contribution in [2.24, 2.45) is 0 Å². The molecule has 10 heteroatoms. The van der Waals surface area contributed by atoms with Gasteiger partial charge >= 0.3 is 5.97 Å². The summed E-state index contributed by atoms with van der Waals surface area (Å²) in [5.74, 6) is -0.0154. The first kappa shape index (κ1) is 24.3. The molecule has 184 valence electrons. The Morgan fingerprint density at radius 2 is 1.59 bits per heavy atom. The molecule has 0 radical (unpaired) electrons. The molecule has 1 aromatic carbocycles. The van der Waals surface area contributed by atoms with E-state index in [1.165, 1.54) is 0 Å². The fourth-order valence-corrected chi connectivity index (χ4v) is 4.51. The normalized spacial score (nSPS) is 19.3. The Morgan fingerprint density at radius 1 is 0.912 bits per heavy atom. The average molecular weight is 472 g/mol. The first-order valence-electron chi connectivity index (χ1n) is 11.8. The van der Waals surface area contributed by atoms with Crippen molar-refractivity contribution in [3.8, 4) is 5.75 Å². The van der Waals surface area contributed by atoms with Crippen molar-refractivity contribution < 1.29 is 24.5 Å². The number of carboxylic acids is 1. The quantitative estimate of drug-likeness (QED) is 0.515. The van der Waals surface area contributed by atoms with Gasteiger partial charge < -0.3 is 19.8 Å². The van der Waals surface area contributed by atoms with Crippen molar-refractivity contribution in [2.75, 3.05) is 78.6 Å². The topological polar surface area (TPSA) is 110 Å². The molecular weight excluding hydrogens is 438 g/mol. The van der Waals surface area contributed by atoms with E-state index in [0.717, 1.165) is 42.8 Å². The van der Waals surface area contributed by atoms with Crippen LogP contribution in [0.25, 0.3) is 10.9 Å². The molecule has 2 fully saturated rings. The predicted octanol–water partition coefficient (Wildman–Crippen LogP) is -0.179. The molecule has 1 unspecified atom stereocenters.